The Morgan fingerprint density at radius 1 is 1.50 bits per heavy atom. The predicted octanol–water partition coefficient (Wildman–Crippen LogP) is 1.80. The van der Waals surface area contributed by atoms with Crippen LogP contribution in [0.4, 0.5) is 0 Å². The van der Waals surface area contributed by atoms with Gasteiger partial charge in [-0.25, -0.2) is 0 Å². The molecule has 0 aromatic carbocycles. The molecule has 1 fully saturated rings. The van der Waals surface area contributed by atoms with Gasteiger partial charge in [0.2, 0.25) is 0 Å². The summed E-state index contributed by atoms with van der Waals surface area (Å²) in [4.78, 5) is 2.58. The molecule has 0 radical (unpaired) electrons. The standard InChI is InChI=1S/C14H26N4/c1-4-18(11-13-5-8-15-9-6-13)12(2)14-7-10-16-17(14)3/h7,10,12-13,15H,4-6,8-9,11H2,1-3H3. The molecule has 1 unspecified atom stereocenters. The zero-order valence-electron chi connectivity index (χ0n) is 11.9. The molecule has 18 heavy (non-hydrogen) atoms. The first kappa shape index (κ1) is 13.6. The molecule has 0 bridgehead atoms. The van der Waals surface area contributed by atoms with Crippen molar-refractivity contribution >= 4 is 0 Å². The number of aryl methyl sites for hydroxylation is 1. The summed E-state index contributed by atoms with van der Waals surface area (Å²) in [5.74, 6) is 0.849. The first-order valence-electron chi connectivity index (χ1n) is 7.15. The van der Waals surface area contributed by atoms with E-state index in [0.717, 1.165) is 12.5 Å². The summed E-state index contributed by atoms with van der Waals surface area (Å²) in [7, 11) is 2.03. The minimum atomic E-state index is 0.456. The van der Waals surface area contributed by atoms with Gasteiger partial charge in [0.25, 0.3) is 0 Å². The van der Waals surface area contributed by atoms with E-state index in [-0.39, 0.29) is 0 Å². The maximum atomic E-state index is 4.28. The molecule has 0 saturated carbocycles. The highest BCUT2D eigenvalue weighted by molar-refractivity contribution is 5.05. The van der Waals surface area contributed by atoms with E-state index in [1.165, 1.54) is 38.2 Å². The van der Waals surface area contributed by atoms with Gasteiger partial charge in [-0.05, 0) is 51.4 Å². The maximum absolute atomic E-state index is 4.28. The van der Waals surface area contributed by atoms with Crippen molar-refractivity contribution in [3.63, 3.8) is 0 Å². The van der Waals surface area contributed by atoms with Gasteiger partial charge in [-0.2, -0.15) is 5.10 Å². The molecule has 1 aliphatic heterocycles. The first-order valence-corrected chi connectivity index (χ1v) is 7.15. The van der Waals surface area contributed by atoms with Gasteiger partial charge in [0.15, 0.2) is 0 Å². The number of hydrogen-bond donors (Lipinski definition) is 1. The maximum Gasteiger partial charge on any atom is 0.0549 e. The van der Waals surface area contributed by atoms with Gasteiger partial charge in [-0.1, -0.05) is 6.92 Å². The van der Waals surface area contributed by atoms with Crippen LogP contribution in [0.5, 0.6) is 0 Å². The lowest BCUT2D eigenvalue weighted by Gasteiger charge is -2.33. The van der Waals surface area contributed by atoms with Crippen molar-refractivity contribution in [2.45, 2.75) is 32.7 Å². The van der Waals surface area contributed by atoms with Crippen LogP contribution >= 0.6 is 0 Å². The van der Waals surface area contributed by atoms with Gasteiger partial charge < -0.3 is 5.32 Å². The lowest BCUT2D eigenvalue weighted by Crippen LogP contribution is -2.37. The zero-order chi connectivity index (χ0) is 13.0. The van der Waals surface area contributed by atoms with Gasteiger partial charge in [0.1, 0.15) is 0 Å². The van der Waals surface area contributed by atoms with Crippen molar-refractivity contribution in [3.8, 4) is 0 Å². The topological polar surface area (TPSA) is 33.1 Å². The summed E-state index contributed by atoms with van der Waals surface area (Å²) in [5, 5.41) is 7.72. The second-order valence-corrected chi connectivity index (χ2v) is 5.34. The van der Waals surface area contributed by atoms with Crippen molar-refractivity contribution in [2.75, 3.05) is 26.2 Å². The van der Waals surface area contributed by atoms with E-state index in [0.29, 0.717) is 6.04 Å². The number of nitrogens with one attached hydrogen (secondary N) is 1. The van der Waals surface area contributed by atoms with E-state index in [1.54, 1.807) is 0 Å². The highest BCUT2D eigenvalue weighted by atomic mass is 15.3. The summed E-state index contributed by atoms with van der Waals surface area (Å²) in [6.07, 6.45) is 4.52. The number of aromatic nitrogens is 2. The minimum absolute atomic E-state index is 0.456. The van der Waals surface area contributed by atoms with Crippen LogP contribution < -0.4 is 5.32 Å². The molecule has 0 aliphatic carbocycles. The normalized spacial score (nSPS) is 19.3. The molecule has 2 rings (SSSR count). The largest absolute Gasteiger partial charge is 0.317 e. The monoisotopic (exact) mass is 250 g/mol. The lowest BCUT2D eigenvalue weighted by molar-refractivity contribution is 0.163. The average Bonchev–Trinajstić information content (AvgIpc) is 2.82. The van der Waals surface area contributed by atoms with Crippen LogP contribution in [0, 0.1) is 5.92 Å². The van der Waals surface area contributed by atoms with Gasteiger partial charge in [0.05, 0.1) is 5.69 Å². The fourth-order valence-corrected chi connectivity index (χ4v) is 2.94. The van der Waals surface area contributed by atoms with Crippen LogP contribution in [0.2, 0.25) is 0 Å². The zero-order valence-corrected chi connectivity index (χ0v) is 11.9. The third-order valence-corrected chi connectivity index (χ3v) is 4.19. The number of hydrogen-bond acceptors (Lipinski definition) is 3. The summed E-state index contributed by atoms with van der Waals surface area (Å²) < 4.78 is 2.00. The molecule has 1 aromatic rings. The fraction of sp³-hybridized carbons (Fsp3) is 0.786. The molecule has 0 amide bonds. The Hall–Kier alpha value is -0.870. The third kappa shape index (κ3) is 3.12. The van der Waals surface area contributed by atoms with Gasteiger partial charge >= 0.3 is 0 Å². The molecular weight excluding hydrogens is 224 g/mol. The Labute approximate surface area is 110 Å². The van der Waals surface area contributed by atoms with Crippen molar-refractivity contribution in [1.82, 2.24) is 20.0 Å². The van der Waals surface area contributed by atoms with E-state index in [9.17, 15) is 0 Å². The van der Waals surface area contributed by atoms with Crippen LogP contribution in [0.1, 0.15) is 38.4 Å². The summed E-state index contributed by atoms with van der Waals surface area (Å²) in [5.41, 5.74) is 1.31. The van der Waals surface area contributed by atoms with Gasteiger partial charge in [-0.3, -0.25) is 9.58 Å². The highest BCUT2D eigenvalue weighted by Crippen LogP contribution is 2.22. The molecule has 2 heterocycles. The number of piperidine rings is 1. The molecule has 4 nitrogen and oxygen atoms in total. The van der Waals surface area contributed by atoms with Crippen LogP contribution in [0.15, 0.2) is 12.3 Å². The Morgan fingerprint density at radius 2 is 2.22 bits per heavy atom. The fourth-order valence-electron chi connectivity index (χ4n) is 2.94. The van der Waals surface area contributed by atoms with Crippen molar-refractivity contribution < 1.29 is 0 Å². The molecular formula is C14H26N4. The highest BCUT2D eigenvalue weighted by Gasteiger charge is 2.21. The quantitative estimate of drug-likeness (QED) is 0.865. The minimum Gasteiger partial charge on any atom is -0.317 e. The molecule has 1 atom stereocenters. The molecule has 1 N–H and O–H groups in total. The molecule has 4 heteroatoms. The Balaban J connectivity index is 1.97. The number of rotatable bonds is 5. The second-order valence-electron chi connectivity index (χ2n) is 5.34. The van der Waals surface area contributed by atoms with Gasteiger partial charge in [0, 0.05) is 25.8 Å². The Morgan fingerprint density at radius 3 is 2.78 bits per heavy atom. The number of nitrogens with zero attached hydrogens (tertiary/aromatic N) is 3. The molecule has 0 spiro atoms. The molecule has 1 aromatic heterocycles. The SMILES string of the molecule is CCN(CC1CCNCC1)C(C)c1ccnn1C. The van der Waals surface area contributed by atoms with E-state index >= 15 is 0 Å². The first-order chi connectivity index (χ1) is 8.72. The van der Waals surface area contributed by atoms with Crippen molar-refractivity contribution in [3.05, 3.63) is 18.0 Å². The van der Waals surface area contributed by atoms with E-state index < -0.39 is 0 Å². The lowest BCUT2D eigenvalue weighted by atomic mass is 9.96. The van der Waals surface area contributed by atoms with Crippen molar-refractivity contribution in [1.29, 1.82) is 0 Å². The average molecular weight is 250 g/mol. The van der Waals surface area contributed by atoms with Gasteiger partial charge in [-0.15, -0.1) is 0 Å². The summed E-state index contributed by atoms with van der Waals surface area (Å²) >= 11 is 0. The molecule has 1 aliphatic rings. The second kappa shape index (κ2) is 6.34. The summed E-state index contributed by atoms with van der Waals surface area (Å²) in [6.45, 7) is 9.24. The van der Waals surface area contributed by atoms with Crippen molar-refractivity contribution in [2.24, 2.45) is 13.0 Å². The third-order valence-electron chi connectivity index (χ3n) is 4.19. The molecule has 102 valence electrons. The van der Waals surface area contributed by atoms with E-state index in [2.05, 4.69) is 35.2 Å². The van der Waals surface area contributed by atoms with Crippen LogP contribution in [-0.2, 0) is 7.05 Å². The smallest absolute Gasteiger partial charge is 0.0549 e. The summed E-state index contributed by atoms with van der Waals surface area (Å²) in [6, 6.07) is 2.59. The van der Waals surface area contributed by atoms with Crippen LogP contribution in [0.25, 0.3) is 0 Å². The van der Waals surface area contributed by atoms with E-state index in [4.69, 9.17) is 0 Å². The van der Waals surface area contributed by atoms with Crippen LogP contribution in [0.3, 0.4) is 0 Å². The molecule has 1 saturated heterocycles. The van der Waals surface area contributed by atoms with E-state index in [1.807, 2.05) is 17.9 Å². The predicted molar refractivity (Wildman–Crippen MR) is 74.5 cm³/mol. The Bertz CT molecular complexity index is 354. The van der Waals surface area contributed by atoms with Crippen LogP contribution in [-0.4, -0.2) is 40.9 Å². The Kier molecular flexibility index (Phi) is 4.78.